The lowest BCUT2D eigenvalue weighted by Crippen LogP contribution is -2.41. The summed E-state index contributed by atoms with van der Waals surface area (Å²) < 4.78 is 5.57. The molecule has 1 rings (SSSR count). The van der Waals surface area contributed by atoms with Crippen LogP contribution in [0.15, 0.2) is 16.5 Å². The number of furan rings is 1. The smallest absolute Gasteiger partial charge is 0.236 e. The van der Waals surface area contributed by atoms with Crippen LogP contribution in [0.1, 0.15) is 24.9 Å². The minimum absolute atomic E-state index is 0.120. The highest BCUT2D eigenvalue weighted by Gasteiger charge is 2.15. The second-order valence-electron chi connectivity index (χ2n) is 5.31. The molecule has 0 aliphatic heterocycles. The summed E-state index contributed by atoms with van der Waals surface area (Å²) in [5.74, 6) is 1.84. The summed E-state index contributed by atoms with van der Waals surface area (Å²) in [7, 11) is 4.02. The summed E-state index contributed by atoms with van der Waals surface area (Å²) in [4.78, 5) is 16.2. The molecule has 0 fully saturated rings. The maximum absolute atomic E-state index is 12.2. The van der Waals surface area contributed by atoms with E-state index in [4.69, 9.17) is 4.42 Å². The van der Waals surface area contributed by atoms with Crippen molar-refractivity contribution in [1.82, 2.24) is 15.1 Å². The average molecular weight is 281 g/mol. The van der Waals surface area contributed by atoms with Gasteiger partial charge in [0.1, 0.15) is 11.5 Å². The first-order valence-electron chi connectivity index (χ1n) is 7.21. The third-order valence-corrected chi connectivity index (χ3v) is 3.02. The van der Waals surface area contributed by atoms with E-state index in [0.717, 1.165) is 31.0 Å². The number of likely N-dealkylation sites (N-methyl/N-ethyl adjacent to an activating group) is 1. The Labute approximate surface area is 121 Å². The molecule has 0 aliphatic carbocycles. The van der Waals surface area contributed by atoms with E-state index in [1.807, 2.05) is 38.1 Å². The lowest BCUT2D eigenvalue weighted by molar-refractivity contribution is -0.131. The second-order valence-corrected chi connectivity index (χ2v) is 5.31. The van der Waals surface area contributed by atoms with Crippen molar-refractivity contribution in [2.45, 2.75) is 26.8 Å². The van der Waals surface area contributed by atoms with Gasteiger partial charge in [-0.1, -0.05) is 6.92 Å². The predicted molar refractivity (Wildman–Crippen MR) is 80.6 cm³/mol. The third kappa shape index (κ3) is 6.21. The number of nitrogens with zero attached hydrogens (tertiary/aromatic N) is 2. The van der Waals surface area contributed by atoms with Gasteiger partial charge in [-0.05, 0) is 46.1 Å². The highest BCUT2D eigenvalue weighted by atomic mass is 16.3. The summed E-state index contributed by atoms with van der Waals surface area (Å²) in [6.45, 7) is 7.35. The van der Waals surface area contributed by atoms with Crippen LogP contribution in [0.5, 0.6) is 0 Å². The molecule has 114 valence electrons. The van der Waals surface area contributed by atoms with Gasteiger partial charge in [0.05, 0.1) is 13.1 Å². The first-order chi connectivity index (χ1) is 9.52. The average Bonchev–Trinajstić information content (AvgIpc) is 2.80. The van der Waals surface area contributed by atoms with Crippen molar-refractivity contribution in [1.29, 1.82) is 0 Å². The summed E-state index contributed by atoms with van der Waals surface area (Å²) in [6, 6.07) is 3.87. The van der Waals surface area contributed by atoms with Crippen LogP contribution in [0.3, 0.4) is 0 Å². The fourth-order valence-corrected chi connectivity index (χ4v) is 1.85. The molecule has 0 unspecified atom stereocenters. The van der Waals surface area contributed by atoms with Crippen molar-refractivity contribution in [2.75, 3.05) is 40.3 Å². The summed E-state index contributed by atoms with van der Waals surface area (Å²) in [5, 5.41) is 3.16. The van der Waals surface area contributed by atoms with Crippen LogP contribution in [0.2, 0.25) is 0 Å². The molecule has 0 saturated carbocycles. The standard InChI is InChI=1S/C15H27N3O2/c1-5-8-16-11-15(19)18(10-9-17(3)4)12-14-7-6-13(2)20-14/h6-7,16H,5,8-12H2,1-4H3. The van der Waals surface area contributed by atoms with Crippen LogP contribution in [-0.4, -0.2) is 56.0 Å². The molecule has 1 heterocycles. The Morgan fingerprint density at radius 1 is 1.30 bits per heavy atom. The number of hydrogen-bond acceptors (Lipinski definition) is 4. The monoisotopic (exact) mass is 281 g/mol. The zero-order chi connectivity index (χ0) is 15.0. The molecule has 1 N–H and O–H groups in total. The van der Waals surface area contributed by atoms with Crippen LogP contribution in [0, 0.1) is 6.92 Å². The SMILES string of the molecule is CCCNCC(=O)N(CCN(C)C)Cc1ccc(C)o1. The van der Waals surface area contributed by atoms with Gasteiger partial charge in [-0.25, -0.2) is 0 Å². The van der Waals surface area contributed by atoms with E-state index >= 15 is 0 Å². The topological polar surface area (TPSA) is 48.7 Å². The molecule has 0 bridgehead atoms. The Balaban J connectivity index is 2.56. The molecule has 0 aliphatic rings. The van der Waals surface area contributed by atoms with E-state index in [1.165, 1.54) is 0 Å². The minimum Gasteiger partial charge on any atom is -0.464 e. The Hall–Kier alpha value is -1.33. The molecule has 5 nitrogen and oxygen atoms in total. The first kappa shape index (κ1) is 16.7. The fourth-order valence-electron chi connectivity index (χ4n) is 1.85. The molecule has 0 spiro atoms. The maximum Gasteiger partial charge on any atom is 0.236 e. The number of carbonyl (C=O) groups is 1. The Morgan fingerprint density at radius 2 is 2.05 bits per heavy atom. The van der Waals surface area contributed by atoms with E-state index in [-0.39, 0.29) is 5.91 Å². The summed E-state index contributed by atoms with van der Waals surface area (Å²) in [5.41, 5.74) is 0. The van der Waals surface area contributed by atoms with Gasteiger partial charge in [-0.3, -0.25) is 4.79 Å². The quantitative estimate of drug-likeness (QED) is 0.697. The number of nitrogens with one attached hydrogen (secondary N) is 1. The Kier molecular flexibility index (Phi) is 7.33. The van der Waals surface area contributed by atoms with Crippen LogP contribution in [0.25, 0.3) is 0 Å². The van der Waals surface area contributed by atoms with Crippen LogP contribution < -0.4 is 5.32 Å². The molecule has 1 aromatic rings. The van der Waals surface area contributed by atoms with E-state index in [9.17, 15) is 4.79 Å². The largest absolute Gasteiger partial charge is 0.464 e. The van der Waals surface area contributed by atoms with Crippen molar-refractivity contribution in [2.24, 2.45) is 0 Å². The van der Waals surface area contributed by atoms with Crippen molar-refractivity contribution >= 4 is 5.91 Å². The lowest BCUT2D eigenvalue weighted by Gasteiger charge is -2.23. The molecule has 0 saturated heterocycles. The molecular weight excluding hydrogens is 254 g/mol. The normalized spacial score (nSPS) is 11.1. The van der Waals surface area contributed by atoms with Gasteiger partial charge >= 0.3 is 0 Å². The molecule has 0 atom stereocenters. The van der Waals surface area contributed by atoms with E-state index in [1.54, 1.807) is 0 Å². The van der Waals surface area contributed by atoms with Crippen molar-refractivity contribution in [3.05, 3.63) is 23.7 Å². The second kappa shape index (κ2) is 8.76. The molecule has 1 aromatic heterocycles. The number of aryl methyl sites for hydroxylation is 1. The van der Waals surface area contributed by atoms with Gasteiger partial charge in [-0.2, -0.15) is 0 Å². The highest BCUT2D eigenvalue weighted by molar-refractivity contribution is 5.78. The van der Waals surface area contributed by atoms with Gasteiger partial charge in [0.25, 0.3) is 0 Å². The van der Waals surface area contributed by atoms with Crippen LogP contribution in [-0.2, 0) is 11.3 Å². The predicted octanol–water partition coefficient (Wildman–Crippen LogP) is 1.48. The van der Waals surface area contributed by atoms with Gasteiger partial charge < -0.3 is 19.5 Å². The molecular formula is C15H27N3O2. The minimum atomic E-state index is 0.120. The zero-order valence-corrected chi connectivity index (χ0v) is 13.1. The van der Waals surface area contributed by atoms with Crippen LogP contribution >= 0.6 is 0 Å². The van der Waals surface area contributed by atoms with E-state index in [2.05, 4.69) is 17.1 Å². The number of hydrogen-bond donors (Lipinski definition) is 1. The van der Waals surface area contributed by atoms with Gasteiger partial charge in [0.2, 0.25) is 5.91 Å². The summed E-state index contributed by atoms with van der Waals surface area (Å²) in [6.07, 6.45) is 1.03. The van der Waals surface area contributed by atoms with Gasteiger partial charge in [0.15, 0.2) is 0 Å². The Bertz CT molecular complexity index is 402. The fraction of sp³-hybridized carbons (Fsp3) is 0.667. The van der Waals surface area contributed by atoms with Crippen molar-refractivity contribution in [3.63, 3.8) is 0 Å². The zero-order valence-electron chi connectivity index (χ0n) is 13.1. The number of carbonyl (C=O) groups excluding carboxylic acids is 1. The third-order valence-electron chi connectivity index (χ3n) is 3.02. The van der Waals surface area contributed by atoms with Crippen molar-refractivity contribution in [3.8, 4) is 0 Å². The van der Waals surface area contributed by atoms with Gasteiger partial charge in [0, 0.05) is 13.1 Å². The summed E-state index contributed by atoms with van der Waals surface area (Å²) >= 11 is 0. The highest BCUT2D eigenvalue weighted by Crippen LogP contribution is 2.09. The van der Waals surface area contributed by atoms with E-state index in [0.29, 0.717) is 19.6 Å². The molecule has 5 heteroatoms. The molecule has 1 amide bonds. The molecule has 0 radical (unpaired) electrons. The number of rotatable bonds is 9. The molecule has 0 aromatic carbocycles. The number of amides is 1. The van der Waals surface area contributed by atoms with Crippen molar-refractivity contribution < 1.29 is 9.21 Å². The Morgan fingerprint density at radius 3 is 2.60 bits per heavy atom. The lowest BCUT2D eigenvalue weighted by atomic mass is 10.3. The van der Waals surface area contributed by atoms with Crippen LogP contribution in [0.4, 0.5) is 0 Å². The maximum atomic E-state index is 12.2. The molecule has 20 heavy (non-hydrogen) atoms. The van der Waals surface area contributed by atoms with Gasteiger partial charge in [-0.15, -0.1) is 0 Å². The van der Waals surface area contributed by atoms with E-state index < -0.39 is 0 Å². The first-order valence-corrected chi connectivity index (χ1v) is 7.21.